The number of benzene rings is 2. The van der Waals surface area contributed by atoms with Crippen LogP contribution in [0.25, 0.3) is 0 Å². The minimum Gasteiger partial charge on any atom is -0.458 e. The highest BCUT2D eigenvalue weighted by molar-refractivity contribution is 5.71. The Morgan fingerprint density at radius 3 is 2.65 bits per heavy atom. The summed E-state index contributed by atoms with van der Waals surface area (Å²) >= 11 is 0. The van der Waals surface area contributed by atoms with Gasteiger partial charge in [-0.1, -0.05) is 24.3 Å². The zero-order valence-electron chi connectivity index (χ0n) is 21.2. The summed E-state index contributed by atoms with van der Waals surface area (Å²) in [5, 5.41) is 3.19. The number of carbonyl (C=O) groups excluding carboxylic acids is 1. The van der Waals surface area contributed by atoms with Crippen LogP contribution < -0.4 is 10.2 Å². The first kappa shape index (κ1) is 25.1. The maximum absolute atomic E-state index is 13.4. The largest absolute Gasteiger partial charge is 0.458 e. The molecule has 9 heteroatoms. The fraction of sp³-hybridized carbons (Fsp3) is 0.393. The van der Waals surface area contributed by atoms with Crippen LogP contribution in [0.15, 0.2) is 48.5 Å². The van der Waals surface area contributed by atoms with Crippen LogP contribution in [0.5, 0.6) is 0 Å². The third kappa shape index (κ3) is 5.89. The van der Waals surface area contributed by atoms with Gasteiger partial charge in [0.05, 0.1) is 31.5 Å². The van der Waals surface area contributed by atoms with Gasteiger partial charge in [0.1, 0.15) is 18.2 Å². The smallest absolute Gasteiger partial charge is 0.320 e. The fourth-order valence-electron chi connectivity index (χ4n) is 4.89. The monoisotopic (exact) mass is 505 g/mol. The van der Waals surface area contributed by atoms with Gasteiger partial charge in [0.15, 0.2) is 0 Å². The highest BCUT2D eigenvalue weighted by Crippen LogP contribution is 2.35. The Morgan fingerprint density at radius 2 is 1.86 bits per heavy atom. The van der Waals surface area contributed by atoms with E-state index in [0.29, 0.717) is 43.6 Å². The number of rotatable bonds is 7. The normalized spacial score (nSPS) is 17.8. The van der Waals surface area contributed by atoms with Crippen molar-refractivity contribution in [2.24, 2.45) is 0 Å². The summed E-state index contributed by atoms with van der Waals surface area (Å²) in [5.41, 5.74) is 4.80. The van der Waals surface area contributed by atoms with Crippen molar-refractivity contribution in [3.8, 4) is 0 Å². The molecule has 2 aromatic carbocycles. The summed E-state index contributed by atoms with van der Waals surface area (Å²) in [6.07, 6.45) is 0.911. The Hall–Kier alpha value is -3.56. The van der Waals surface area contributed by atoms with Gasteiger partial charge < -0.3 is 19.7 Å². The number of esters is 1. The van der Waals surface area contributed by atoms with E-state index in [1.165, 1.54) is 23.3 Å². The number of anilines is 3. The molecule has 194 valence electrons. The molecule has 37 heavy (non-hydrogen) atoms. The van der Waals surface area contributed by atoms with Crippen LogP contribution in [-0.2, 0) is 27.3 Å². The number of fused-ring (bicyclic) bond motifs is 1. The minimum absolute atomic E-state index is 0.0431. The molecule has 3 aromatic rings. The quantitative estimate of drug-likeness (QED) is 0.480. The lowest BCUT2D eigenvalue weighted by atomic mass is 9.93. The van der Waals surface area contributed by atoms with Crippen LogP contribution in [-0.4, -0.2) is 60.2 Å². The number of hydrogen-bond acceptors (Lipinski definition) is 8. The molecule has 2 aliphatic heterocycles. The van der Waals surface area contributed by atoms with Crippen LogP contribution in [0, 0.1) is 12.7 Å². The Labute approximate surface area is 216 Å². The lowest BCUT2D eigenvalue weighted by Gasteiger charge is -2.37. The second-order valence-electron chi connectivity index (χ2n) is 9.44. The first-order valence-electron chi connectivity index (χ1n) is 12.7. The van der Waals surface area contributed by atoms with Crippen molar-refractivity contribution in [2.75, 3.05) is 49.6 Å². The standard InChI is InChI=1S/C28H32FN5O3/c1-19-25(18-37-26(35)17-33-13-15-36-16-14-33)31-28(30-23-9-7-22(29)8-10-23)32-27(19)34-12-11-21-5-3-4-6-24(21)20(34)2/h3-10,20H,11-18H2,1-2H3,(H,30,31,32). The summed E-state index contributed by atoms with van der Waals surface area (Å²) in [4.78, 5) is 26.4. The molecule has 0 radical (unpaired) electrons. The predicted octanol–water partition coefficient (Wildman–Crippen LogP) is 4.17. The van der Waals surface area contributed by atoms with Crippen molar-refractivity contribution >= 4 is 23.4 Å². The Balaban J connectivity index is 1.41. The van der Waals surface area contributed by atoms with Crippen molar-refractivity contribution in [1.29, 1.82) is 0 Å². The van der Waals surface area contributed by atoms with Gasteiger partial charge in [-0.25, -0.2) is 9.37 Å². The Bertz CT molecular complexity index is 1250. The van der Waals surface area contributed by atoms with Crippen molar-refractivity contribution < 1.29 is 18.7 Å². The van der Waals surface area contributed by atoms with Crippen LogP contribution in [0.1, 0.15) is 35.3 Å². The van der Waals surface area contributed by atoms with Crippen LogP contribution >= 0.6 is 0 Å². The van der Waals surface area contributed by atoms with E-state index >= 15 is 0 Å². The number of halogens is 1. The van der Waals surface area contributed by atoms with Gasteiger partial charge in [-0.2, -0.15) is 4.98 Å². The Kier molecular flexibility index (Phi) is 7.62. The van der Waals surface area contributed by atoms with Gasteiger partial charge in [-0.05, 0) is 55.7 Å². The molecule has 0 spiro atoms. The molecule has 0 saturated carbocycles. The van der Waals surface area contributed by atoms with Gasteiger partial charge >= 0.3 is 5.97 Å². The number of hydrogen-bond donors (Lipinski definition) is 1. The molecule has 2 aliphatic rings. The second-order valence-corrected chi connectivity index (χ2v) is 9.44. The number of ether oxygens (including phenoxy) is 2. The number of aromatic nitrogens is 2. The molecule has 5 rings (SSSR count). The van der Waals surface area contributed by atoms with E-state index in [1.807, 2.05) is 11.8 Å². The molecule has 1 unspecified atom stereocenters. The molecule has 0 bridgehead atoms. The SMILES string of the molecule is Cc1c(COC(=O)CN2CCOCC2)nc(Nc2ccc(F)cc2)nc1N1CCc2ccccc2C1C. The molecular weight excluding hydrogens is 473 g/mol. The maximum Gasteiger partial charge on any atom is 0.320 e. The van der Waals surface area contributed by atoms with Crippen molar-refractivity contribution in [1.82, 2.24) is 14.9 Å². The van der Waals surface area contributed by atoms with Crippen LogP contribution in [0.4, 0.5) is 21.8 Å². The van der Waals surface area contributed by atoms with Crippen LogP contribution in [0.2, 0.25) is 0 Å². The number of nitrogens with one attached hydrogen (secondary N) is 1. The lowest BCUT2D eigenvalue weighted by molar-refractivity contribution is -0.147. The summed E-state index contributed by atoms with van der Waals surface area (Å²) in [6, 6.07) is 14.6. The number of carbonyl (C=O) groups is 1. The summed E-state index contributed by atoms with van der Waals surface area (Å²) in [7, 11) is 0. The molecule has 1 N–H and O–H groups in total. The Morgan fingerprint density at radius 1 is 1.11 bits per heavy atom. The first-order chi connectivity index (χ1) is 18.0. The van der Waals surface area contributed by atoms with Gasteiger partial charge in [0, 0.05) is 30.9 Å². The zero-order chi connectivity index (χ0) is 25.8. The van der Waals surface area contributed by atoms with E-state index in [0.717, 1.165) is 24.3 Å². The highest BCUT2D eigenvalue weighted by atomic mass is 19.1. The third-order valence-corrected chi connectivity index (χ3v) is 7.01. The van der Waals surface area contributed by atoms with E-state index in [4.69, 9.17) is 14.5 Å². The molecule has 3 heterocycles. The molecule has 1 fully saturated rings. The summed E-state index contributed by atoms with van der Waals surface area (Å²) in [6.45, 7) is 7.89. The topological polar surface area (TPSA) is 79.8 Å². The molecule has 0 amide bonds. The van der Waals surface area contributed by atoms with E-state index in [9.17, 15) is 9.18 Å². The van der Waals surface area contributed by atoms with E-state index < -0.39 is 0 Å². The number of morpholine rings is 1. The average Bonchev–Trinajstić information content (AvgIpc) is 2.91. The molecule has 8 nitrogen and oxygen atoms in total. The molecule has 1 saturated heterocycles. The van der Waals surface area contributed by atoms with Gasteiger partial charge in [-0.15, -0.1) is 0 Å². The zero-order valence-corrected chi connectivity index (χ0v) is 21.2. The van der Waals surface area contributed by atoms with Gasteiger partial charge in [0.2, 0.25) is 5.95 Å². The first-order valence-corrected chi connectivity index (χ1v) is 12.7. The van der Waals surface area contributed by atoms with Gasteiger partial charge in [-0.3, -0.25) is 9.69 Å². The molecule has 1 aromatic heterocycles. The fourth-order valence-corrected chi connectivity index (χ4v) is 4.89. The van der Waals surface area contributed by atoms with E-state index in [2.05, 4.69) is 46.4 Å². The highest BCUT2D eigenvalue weighted by Gasteiger charge is 2.27. The van der Waals surface area contributed by atoms with E-state index in [-0.39, 0.29) is 31.0 Å². The van der Waals surface area contributed by atoms with Crippen molar-refractivity contribution in [3.05, 3.63) is 76.7 Å². The molecular formula is C28H32FN5O3. The predicted molar refractivity (Wildman–Crippen MR) is 139 cm³/mol. The summed E-state index contributed by atoms with van der Waals surface area (Å²) in [5.74, 6) is 0.554. The number of nitrogens with zero attached hydrogens (tertiary/aromatic N) is 4. The maximum atomic E-state index is 13.4. The third-order valence-electron chi connectivity index (χ3n) is 7.01. The summed E-state index contributed by atoms with van der Waals surface area (Å²) < 4.78 is 24.4. The molecule has 0 aliphatic carbocycles. The van der Waals surface area contributed by atoms with E-state index in [1.54, 1.807) is 12.1 Å². The minimum atomic E-state index is -0.315. The van der Waals surface area contributed by atoms with Gasteiger partial charge in [0.25, 0.3) is 0 Å². The average molecular weight is 506 g/mol. The van der Waals surface area contributed by atoms with Crippen molar-refractivity contribution in [2.45, 2.75) is 32.9 Å². The second kappa shape index (κ2) is 11.2. The lowest BCUT2D eigenvalue weighted by Crippen LogP contribution is -2.40. The van der Waals surface area contributed by atoms with Crippen molar-refractivity contribution in [3.63, 3.8) is 0 Å². The molecule has 1 atom stereocenters. The van der Waals surface area contributed by atoms with Crippen LogP contribution in [0.3, 0.4) is 0 Å².